The zero-order valence-electron chi connectivity index (χ0n) is 12.1. The van der Waals surface area contributed by atoms with Crippen molar-refractivity contribution in [2.75, 3.05) is 26.8 Å². The second-order valence-corrected chi connectivity index (χ2v) is 4.07. The van der Waals surface area contributed by atoms with Crippen molar-refractivity contribution in [1.82, 2.24) is 5.32 Å². The van der Waals surface area contributed by atoms with Crippen molar-refractivity contribution < 1.29 is 9.47 Å². The summed E-state index contributed by atoms with van der Waals surface area (Å²) >= 11 is 0. The maximum absolute atomic E-state index is 5.67. The van der Waals surface area contributed by atoms with E-state index in [9.17, 15) is 0 Å². The standard InChI is InChI=1S/C14H23N3O2.HI/c1-3-8-16-14(15)17-9-5-10-19-13-7-4-6-12(11-13)18-2;/h4,6-7,11H,3,5,8-10H2,1-2H3,(H3,15,16,17);1H. The third-order valence-corrected chi connectivity index (χ3v) is 2.44. The monoisotopic (exact) mass is 393 g/mol. The molecule has 1 aromatic carbocycles. The highest BCUT2D eigenvalue weighted by molar-refractivity contribution is 14.0. The lowest BCUT2D eigenvalue weighted by Gasteiger charge is -2.08. The van der Waals surface area contributed by atoms with Crippen molar-refractivity contribution in [1.29, 1.82) is 0 Å². The number of nitrogens with one attached hydrogen (secondary N) is 1. The molecule has 0 aromatic heterocycles. The van der Waals surface area contributed by atoms with Gasteiger partial charge in [-0.25, -0.2) is 0 Å². The summed E-state index contributed by atoms with van der Waals surface area (Å²) in [6.07, 6.45) is 1.86. The second kappa shape index (κ2) is 11.6. The summed E-state index contributed by atoms with van der Waals surface area (Å²) in [6, 6.07) is 7.57. The minimum atomic E-state index is 0. The van der Waals surface area contributed by atoms with Crippen LogP contribution in [0.2, 0.25) is 0 Å². The summed E-state index contributed by atoms with van der Waals surface area (Å²) in [5.41, 5.74) is 5.67. The van der Waals surface area contributed by atoms with E-state index < -0.39 is 0 Å². The van der Waals surface area contributed by atoms with Crippen molar-refractivity contribution >= 4 is 29.9 Å². The maximum atomic E-state index is 5.67. The van der Waals surface area contributed by atoms with Crippen LogP contribution in [-0.2, 0) is 0 Å². The Hall–Kier alpha value is -1.18. The summed E-state index contributed by atoms with van der Waals surface area (Å²) in [5, 5.41) is 3.05. The van der Waals surface area contributed by atoms with Crippen LogP contribution >= 0.6 is 24.0 Å². The number of guanidine groups is 1. The third kappa shape index (κ3) is 8.08. The fourth-order valence-electron chi connectivity index (χ4n) is 1.46. The van der Waals surface area contributed by atoms with Gasteiger partial charge in [0.05, 0.1) is 13.7 Å². The predicted octanol–water partition coefficient (Wildman–Crippen LogP) is 2.40. The Morgan fingerprint density at radius 2 is 2.10 bits per heavy atom. The van der Waals surface area contributed by atoms with Crippen LogP contribution < -0.4 is 20.5 Å². The van der Waals surface area contributed by atoms with Gasteiger partial charge in [0.2, 0.25) is 0 Å². The number of aliphatic imine (C=N–C) groups is 1. The van der Waals surface area contributed by atoms with Gasteiger partial charge in [0.15, 0.2) is 5.96 Å². The highest BCUT2D eigenvalue weighted by atomic mass is 127. The van der Waals surface area contributed by atoms with Crippen LogP contribution in [0.3, 0.4) is 0 Å². The number of halogens is 1. The smallest absolute Gasteiger partial charge is 0.188 e. The zero-order valence-corrected chi connectivity index (χ0v) is 14.4. The van der Waals surface area contributed by atoms with Gasteiger partial charge in [0.1, 0.15) is 11.5 Å². The lowest BCUT2D eigenvalue weighted by Crippen LogP contribution is -2.33. The first-order valence-corrected chi connectivity index (χ1v) is 6.57. The lowest BCUT2D eigenvalue weighted by molar-refractivity contribution is 0.308. The molecule has 5 nitrogen and oxygen atoms in total. The highest BCUT2D eigenvalue weighted by Crippen LogP contribution is 2.18. The SMILES string of the molecule is CCCN=C(N)NCCCOc1cccc(OC)c1.I. The van der Waals surface area contributed by atoms with Crippen molar-refractivity contribution in [3.63, 3.8) is 0 Å². The van der Waals surface area contributed by atoms with Crippen LogP contribution in [0.5, 0.6) is 11.5 Å². The third-order valence-electron chi connectivity index (χ3n) is 2.44. The molecule has 0 heterocycles. The van der Waals surface area contributed by atoms with E-state index >= 15 is 0 Å². The van der Waals surface area contributed by atoms with Gasteiger partial charge in [0, 0.05) is 19.2 Å². The average molecular weight is 393 g/mol. The molecule has 20 heavy (non-hydrogen) atoms. The molecule has 6 heteroatoms. The van der Waals surface area contributed by atoms with Gasteiger partial charge in [-0.2, -0.15) is 0 Å². The largest absolute Gasteiger partial charge is 0.497 e. The summed E-state index contributed by atoms with van der Waals surface area (Å²) in [7, 11) is 1.64. The number of methoxy groups -OCH3 is 1. The number of benzene rings is 1. The van der Waals surface area contributed by atoms with Crippen molar-refractivity contribution in [3.05, 3.63) is 24.3 Å². The van der Waals surface area contributed by atoms with Gasteiger partial charge < -0.3 is 20.5 Å². The Morgan fingerprint density at radius 3 is 2.80 bits per heavy atom. The van der Waals surface area contributed by atoms with Crippen LogP contribution in [0.4, 0.5) is 0 Å². The van der Waals surface area contributed by atoms with Crippen molar-refractivity contribution in [2.24, 2.45) is 10.7 Å². The summed E-state index contributed by atoms with van der Waals surface area (Å²) in [4.78, 5) is 4.15. The molecule has 0 unspecified atom stereocenters. The molecule has 0 atom stereocenters. The average Bonchev–Trinajstić information content (AvgIpc) is 2.45. The Balaban J connectivity index is 0.00000361. The van der Waals surface area contributed by atoms with E-state index in [1.807, 2.05) is 24.3 Å². The topological polar surface area (TPSA) is 68.9 Å². The van der Waals surface area contributed by atoms with Gasteiger partial charge in [-0.05, 0) is 25.0 Å². The number of hydrogen-bond donors (Lipinski definition) is 2. The Bertz CT molecular complexity index is 400. The molecule has 1 aromatic rings. The minimum Gasteiger partial charge on any atom is -0.497 e. The summed E-state index contributed by atoms with van der Waals surface area (Å²) in [6.45, 7) is 4.21. The van der Waals surface area contributed by atoms with Crippen molar-refractivity contribution in [2.45, 2.75) is 19.8 Å². The normalized spacial score (nSPS) is 10.6. The number of nitrogens with zero attached hydrogens (tertiary/aromatic N) is 1. The number of rotatable bonds is 8. The van der Waals surface area contributed by atoms with E-state index in [4.69, 9.17) is 15.2 Å². The fourth-order valence-corrected chi connectivity index (χ4v) is 1.46. The van der Waals surface area contributed by atoms with Gasteiger partial charge in [0.25, 0.3) is 0 Å². The van der Waals surface area contributed by atoms with Gasteiger partial charge in [-0.1, -0.05) is 13.0 Å². The molecule has 114 valence electrons. The van der Waals surface area contributed by atoms with E-state index in [-0.39, 0.29) is 24.0 Å². The molecule has 0 radical (unpaired) electrons. The van der Waals surface area contributed by atoms with E-state index in [2.05, 4.69) is 17.2 Å². The number of nitrogens with two attached hydrogens (primary N) is 1. The van der Waals surface area contributed by atoms with Crippen LogP contribution in [-0.4, -0.2) is 32.8 Å². The van der Waals surface area contributed by atoms with Crippen LogP contribution in [0, 0.1) is 0 Å². The zero-order chi connectivity index (χ0) is 13.9. The molecule has 0 spiro atoms. The van der Waals surface area contributed by atoms with Crippen LogP contribution in [0.25, 0.3) is 0 Å². The number of hydrogen-bond acceptors (Lipinski definition) is 3. The quantitative estimate of drug-likeness (QED) is 0.308. The van der Waals surface area contributed by atoms with Gasteiger partial charge in [-0.3, -0.25) is 4.99 Å². The van der Waals surface area contributed by atoms with Crippen LogP contribution in [0.15, 0.2) is 29.3 Å². The highest BCUT2D eigenvalue weighted by Gasteiger charge is 1.97. The first-order chi connectivity index (χ1) is 9.26. The fraction of sp³-hybridized carbons (Fsp3) is 0.500. The summed E-state index contributed by atoms with van der Waals surface area (Å²) in [5.74, 6) is 2.11. The van der Waals surface area contributed by atoms with E-state index in [1.54, 1.807) is 7.11 Å². The maximum Gasteiger partial charge on any atom is 0.188 e. The molecule has 0 aliphatic carbocycles. The van der Waals surface area contributed by atoms with E-state index in [0.29, 0.717) is 12.6 Å². The molecule has 3 N–H and O–H groups in total. The predicted molar refractivity (Wildman–Crippen MR) is 93.3 cm³/mol. The number of ether oxygens (including phenoxy) is 2. The van der Waals surface area contributed by atoms with E-state index in [0.717, 1.165) is 37.4 Å². The lowest BCUT2D eigenvalue weighted by atomic mass is 10.3. The Labute approximate surface area is 138 Å². The molecule has 0 saturated carbocycles. The second-order valence-electron chi connectivity index (χ2n) is 4.07. The Morgan fingerprint density at radius 1 is 1.35 bits per heavy atom. The van der Waals surface area contributed by atoms with Crippen molar-refractivity contribution in [3.8, 4) is 11.5 Å². The first-order valence-electron chi connectivity index (χ1n) is 6.57. The molecule has 0 aliphatic rings. The molecular weight excluding hydrogens is 369 g/mol. The van der Waals surface area contributed by atoms with Crippen LogP contribution in [0.1, 0.15) is 19.8 Å². The van der Waals surface area contributed by atoms with E-state index in [1.165, 1.54) is 0 Å². The molecule has 0 fully saturated rings. The van der Waals surface area contributed by atoms with Gasteiger partial charge >= 0.3 is 0 Å². The molecule has 0 aliphatic heterocycles. The van der Waals surface area contributed by atoms with Gasteiger partial charge in [-0.15, -0.1) is 24.0 Å². The molecular formula is C14H24IN3O2. The molecule has 0 saturated heterocycles. The molecule has 0 amide bonds. The Kier molecular flexibility index (Phi) is 10.9. The molecule has 0 bridgehead atoms. The minimum absolute atomic E-state index is 0. The summed E-state index contributed by atoms with van der Waals surface area (Å²) < 4.78 is 10.7. The molecule has 1 rings (SSSR count). The first kappa shape index (κ1) is 18.8.